The van der Waals surface area contributed by atoms with E-state index >= 15 is 0 Å². The van der Waals surface area contributed by atoms with Crippen LogP contribution in [-0.4, -0.2) is 65.5 Å². The van der Waals surface area contributed by atoms with E-state index < -0.39 is 17.6 Å². The standard InChI is InChI=1S/C19H19Cl2F3N6O/c1-29-4-6-30(7-5-29)13(11-31)9-25-17-14(19(22,23)24)10-26-18(28-17)27-12-2-3-15(20)16(21)8-12/h2-3,8,10H,4-7,9H2,1H3,(H2,25,26,27,28). The Morgan fingerprint density at radius 3 is 2.52 bits per heavy atom. The summed E-state index contributed by atoms with van der Waals surface area (Å²) in [5.41, 5.74) is -0.360. The van der Waals surface area contributed by atoms with E-state index in [-0.39, 0.29) is 23.2 Å². The van der Waals surface area contributed by atoms with Crippen molar-refractivity contribution in [2.45, 2.75) is 6.18 Å². The molecule has 166 valence electrons. The summed E-state index contributed by atoms with van der Waals surface area (Å²) in [6, 6.07) is 4.62. The zero-order valence-electron chi connectivity index (χ0n) is 16.4. The van der Waals surface area contributed by atoms with E-state index in [1.807, 2.05) is 13.0 Å². The lowest BCUT2D eigenvalue weighted by atomic mass is 10.2. The van der Waals surface area contributed by atoms with Crippen LogP contribution in [0.25, 0.3) is 0 Å². The van der Waals surface area contributed by atoms with Gasteiger partial charge in [-0.1, -0.05) is 23.2 Å². The van der Waals surface area contributed by atoms with Gasteiger partial charge in [0.25, 0.3) is 0 Å². The molecule has 2 aromatic rings. The van der Waals surface area contributed by atoms with Crippen LogP contribution in [0.2, 0.25) is 10.0 Å². The number of hydrogen-bond donors (Lipinski definition) is 2. The normalized spacial score (nSPS) is 14.8. The van der Waals surface area contributed by atoms with E-state index in [9.17, 15) is 18.0 Å². The highest BCUT2D eigenvalue weighted by atomic mass is 35.5. The van der Waals surface area contributed by atoms with Gasteiger partial charge in [0, 0.05) is 38.1 Å². The van der Waals surface area contributed by atoms with Crippen molar-refractivity contribution in [1.29, 1.82) is 0 Å². The van der Waals surface area contributed by atoms with Crippen LogP contribution in [0, 0.1) is 0 Å². The first-order valence-electron chi connectivity index (χ1n) is 9.25. The van der Waals surface area contributed by atoms with Gasteiger partial charge in [-0.25, -0.2) is 9.78 Å². The molecule has 0 unspecified atom stereocenters. The number of nitrogens with zero attached hydrogens (tertiary/aromatic N) is 4. The third kappa shape index (κ3) is 6.01. The van der Waals surface area contributed by atoms with Gasteiger partial charge in [0.15, 0.2) is 0 Å². The number of halogens is 5. The van der Waals surface area contributed by atoms with Gasteiger partial charge in [-0.2, -0.15) is 18.2 Å². The van der Waals surface area contributed by atoms with Crippen molar-refractivity contribution in [2.24, 2.45) is 0 Å². The second-order valence-corrected chi connectivity index (χ2v) is 7.71. The molecule has 3 rings (SSSR count). The Balaban J connectivity index is 1.80. The van der Waals surface area contributed by atoms with Crippen LogP contribution in [0.5, 0.6) is 0 Å². The summed E-state index contributed by atoms with van der Waals surface area (Å²) in [7, 11) is 1.96. The molecule has 0 radical (unpaired) electrons. The van der Waals surface area contributed by atoms with E-state index in [1.54, 1.807) is 11.0 Å². The molecule has 0 saturated carbocycles. The second-order valence-electron chi connectivity index (χ2n) is 6.90. The lowest BCUT2D eigenvalue weighted by Gasteiger charge is -2.34. The molecule has 1 fully saturated rings. The number of rotatable bonds is 6. The molecule has 2 N–H and O–H groups in total. The molecule has 1 saturated heterocycles. The van der Waals surface area contributed by atoms with E-state index in [2.05, 4.69) is 25.5 Å². The maximum absolute atomic E-state index is 13.4. The van der Waals surface area contributed by atoms with Crippen molar-refractivity contribution < 1.29 is 18.0 Å². The van der Waals surface area contributed by atoms with Crippen LogP contribution in [0.1, 0.15) is 5.56 Å². The number of piperazine rings is 1. The second kappa shape index (κ2) is 9.74. The van der Waals surface area contributed by atoms with Crippen molar-refractivity contribution in [1.82, 2.24) is 19.8 Å². The topological polar surface area (TPSA) is 73.4 Å². The number of hydrogen-bond acceptors (Lipinski definition) is 7. The molecule has 31 heavy (non-hydrogen) atoms. The zero-order valence-corrected chi connectivity index (χ0v) is 17.9. The number of alkyl halides is 3. The Morgan fingerprint density at radius 2 is 1.90 bits per heavy atom. The van der Waals surface area contributed by atoms with Gasteiger partial charge >= 0.3 is 6.18 Å². The van der Waals surface area contributed by atoms with Crippen LogP contribution >= 0.6 is 23.2 Å². The summed E-state index contributed by atoms with van der Waals surface area (Å²) >= 11 is 11.8. The van der Waals surface area contributed by atoms with E-state index in [4.69, 9.17) is 23.2 Å². The fourth-order valence-corrected chi connectivity index (χ4v) is 3.24. The minimum Gasteiger partial charge on any atom is -0.363 e. The minimum atomic E-state index is -4.68. The SMILES string of the molecule is CN1CCN(C(=C=O)CNc2nc(Nc3ccc(Cl)c(Cl)c3)ncc2C(F)(F)F)CC1. The van der Waals surface area contributed by atoms with Gasteiger partial charge in [-0.3, -0.25) is 0 Å². The number of aromatic nitrogens is 2. The maximum atomic E-state index is 13.4. The first-order valence-corrected chi connectivity index (χ1v) is 10.0. The van der Waals surface area contributed by atoms with Crippen LogP contribution in [-0.2, 0) is 11.0 Å². The van der Waals surface area contributed by atoms with E-state index in [1.165, 1.54) is 12.1 Å². The predicted octanol–water partition coefficient (Wildman–Crippen LogP) is 3.92. The van der Waals surface area contributed by atoms with Crippen LogP contribution in [0.3, 0.4) is 0 Å². The number of nitrogens with one attached hydrogen (secondary N) is 2. The van der Waals surface area contributed by atoms with Gasteiger partial charge in [0.2, 0.25) is 5.95 Å². The average molecular weight is 475 g/mol. The molecule has 12 heteroatoms. The van der Waals surface area contributed by atoms with Crippen molar-refractivity contribution in [3.8, 4) is 0 Å². The van der Waals surface area contributed by atoms with Crippen molar-refractivity contribution in [2.75, 3.05) is 50.4 Å². The zero-order chi connectivity index (χ0) is 22.6. The molecule has 0 atom stereocenters. The molecule has 1 aliphatic heterocycles. The molecule has 1 aromatic carbocycles. The lowest BCUT2D eigenvalue weighted by Crippen LogP contribution is -2.45. The van der Waals surface area contributed by atoms with Gasteiger partial charge in [-0.05, 0) is 25.2 Å². The van der Waals surface area contributed by atoms with Crippen LogP contribution < -0.4 is 10.6 Å². The summed E-state index contributed by atoms with van der Waals surface area (Å²) in [6.45, 7) is 2.50. The fourth-order valence-electron chi connectivity index (χ4n) is 2.94. The minimum absolute atomic E-state index is 0.0786. The van der Waals surface area contributed by atoms with Crippen LogP contribution in [0.4, 0.5) is 30.6 Å². The van der Waals surface area contributed by atoms with Crippen molar-refractivity contribution in [3.63, 3.8) is 0 Å². The summed E-state index contributed by atoms with van der Waals surface area (Å²) in [5.74, 6) is 1.29. The predicted molar refractivity (Wildman–Crippen MR) is 114 cm³/mol. The Morgan fingerprint density at radius 1 is 1.19 bits per heavy atom. The van der Waals surface area contributed by atoms with Crippen molar-refractivity contribution in [3.05, 3.63) is 45.7 Å². The third-order valence-electron chi connectivity index (χ3n) is 4.70. The number of anilines is 3. The van der Waals surface area contributed by atoms with E-state index in [0.717, 1.165) is 13.1 Å². The average Bonchev–Trinajstić information content (AvgIpc) is 2.72. The number of likely N-dealkylation sites (N-methyl/N-ethyl adjacent to an activating group) is 1. The Hall–Kier alpha value is -2.52. The first-order chi connectivity index (χ1) is 14.7. The molecule has 1 aliphatic rings. The molecule has 0 bridgehead atoms. The van der Waals surface area contributed by atoms with Gasteiger partial charge in [0.1, 0.15) is 23.0 Å². The molecule has 1 aromatic heterocycles. The molecular formula is C19H19Cl2F3N6O. The first kappa shape index (κ1) is 23.1. The molecule has 0 amide bonds. The highest BCUT2D eigenvalue weighted by Crippen LogP contribution is 2.34. The van der Waals surface area contributed by atoms with E-state index in [0.29, 0.717) is 30.0 Å². The van der Waals surface area contributed by atoms with Gasteiger partial charge in [-0.15, -0.1) is 0 Å². The molecular weight excluding hydrogens is 456 g/mol. The number of benzene rings is 1. The Labute approximate surface area is 186 Å². The highest BCUT2D eigenvalue weighted by molar-refractivity contribution is 6.42. The van der Waals surface area contributed by atoms with Gasteiger partial charge < -0.3 is 20.4 Å². The smallest absolute Gasteiger partial charge is 0.363 e. The number of carbonyl (C=O) groups excluding carboxylic acids is 1. The molecule has 2 heterocycles. The van der Waals surface area contributed by atoms with Crippen molar-refractivity contribution >= 4 is 46.6 Å². The monoisotopic (exact) mass is 474 g/mol. The Bertz CT molecular complexity index is 989. The largest absolute Gasteiger partial charge is 0.421 e. The molecule has 7 nitrogen and oxygen atoms in total. The Kier molecular flexibility index (Phi) is 7.27. The third-order valence-corrected chi connectivity index (χ3v) is 5.44. The lowest BCUT2D eigenvalue weighted by molar-refractivity contribution is -0.137. The molecule has 0 aliphatic carbocycles. The summed E-state index contributed by atoms with van der Waals surface area (Å²) in [4.78, 5) is 23.0. The van der Waals surface area contributed by atoms with Gasteiger partial charge in [0.05, 0.1) is 16.6 Å². The maximum Gasteiger partial charge on any atom is 0.421 e. The summed E-state index contributed by atoms with van der Waals surface area (Å²) in [6.07, 6.45) is -4.00. The highest BCUT2D eigenvalue weighted by Gasteiger charge is 2.35. The summed E-state index contributed by atoms with van der Waals surface area (Å²) in [5, 5.41) is 6.00. The fraction of sp³-hybridized carbons (Fsp3) is 0.368. The van der Waals surface area contributed by atoms with Crippen LogP contribution in [0.15, 0.2) is 30.1 Å². The quantitative estimate of drug-likeness (QED) is 0.614. The molecule has 0 spiro atoms. The summed E-state index contributed by atoms with van der Waals surface area (Å²) < 4.78 is 40.3.